The minimum atomic E-state index is -1.01. The molecule has 0 aliphatic rings. The van der Waals surface area contributed by atoms with E-state index >= 15 is 0 Å². The van der Waals surface area contributed by atoms with Crippen molar-refractivity contribution >= 4 is 5.97 Å². The maximum absolute atomic E-state index is 11.3. The molecule has 0 amide bonds. The standard InChI is InChI=1S/C14H16N2O3/c1-3-19-14-15-9-12(13(17)18)16(14)10(2)11-7-5-4-6-8-11/h4-10H,3H2,1-2H3,(H,17,18)/t10-/m1/s1. The van der Waals surface area contributed by atoms with Gasteiger partial charge in [-0.2, -0.15) is 0 Å². The van der Waals surface area contributed by atoms with Crippen molar-refractivity contribution in [3.63, 3.8) is 0 Å². The Morgan fingerprint density at radius 2 is 2.11 bits per heavy atom. The first-order chi connectivity index (χ1) is 9.15. The van der Waals surface area contributed by atoms with Gasteiger partial charge in [-0.3, -0.25) is 4.57 Å². The van der Waals surface area contributed by atoms with Crippen LogP contribution in [0.4, 0.5) is 0 Å². The second-order valence-electron chi connectivity index (χ2n) is 4.12. The number of imidazole rings is 1. The van der Waals surface area contributed by atoms with E-state index in [1.165, 1.54) is 6.20 Å². The minimum absolute atomic E-state index is 0.125. The Morgan fingerprint density at radius 1 is 1.42 bits per heavy atom. The number of carboxylic acids is 1. The van der Waals surface area contributed by atoms with Crippen molar-refractivity contribution in [1.82, 2.24) is 9.55 Å². The molecule has 1 aromatic heterocycles. The average Bonchev–Trinajstić information content (AvgIpc) is 2.83. The molecule has 0 aliphatic carbocycles. The minimum Gasteiger partial charge on any atom is -0.477 e. The van der Waals surface area contributed by atoms with Crippen molar-refractivity contribution in [3.05, 3.63) is 47.8 Å². The normalized spacial score (nSPS) is 12.1. The maximum atomic E-state index is 11.3. The number of nitrogens with zero attached hydrogens (tertiary/aromatic N) is 2. The summed E-state index contributed by atoms with van der Waals surface area (Å²) in [6.45, 7) is 4.20. The van der Waals surface area contributed by atoms with E-state index in [1.807, 2.05) is 44.2 Å². The van der Waals surface area contributed by atoms with Crippen molar-refractivity contribution in [2.45, 2.75) is 19.9 Å². The summed E-state index contributed by atoms with van der Waals surface area (Å²) in [7, 11) is 0. The van der Waals surface area contributed by atoms with Gasteiger partial charge in [0.25, 0.3) is 6.01 Å². The van der Waals surface area contributed by atoms with Crippen LogP contribution in [0.5, 0.6) is 6.01 Å². The molecule has 1 atom stereocenters. The summed E-state index contributed by atoms with van der Waals surface area (Å²) in [6.07, 6.45) is 1.33. The molecule has 0 fully saturated rings. The molecule has 2 aromatic rings. The quantitative estimate of drug-likeness (QED) is 0.897. The molecule has 0 radical (unpaired) electrons. The van der Waals surface area contributed by atoms with E-state index in [1.54, 1.807) is 4.57 Å². The van der Waals surface area contributed by atoms with Gasteiger partial charge in [0.2, 0.25) is 0 Å². The highest BCUT2D eigenvalue weighted by atomic mass is 16.5. The zero-order valence-electron chi connectivity index (χ0n) is 10.9. The van der Waals surface area contributed by atoms with Gasteiger partial charge in [-0.15, -0.1) is 0 Å². The van der Waals surface area contributed by atoms with E-state index in [2.05, 4.69) is 4.98 Å². The molecular weight excluding hydrogens is 244 g/mol. The van der Waals surface area contributed by atoms with Gasteiger partial charge in [-0.1, -0.05) is 30.3 Å². The lowest BCUT2D eigenvalue weighted by atomic mass is 10.1. The Morgan fingerprint density at radius 3 is 2.68 bits per heavy atom. The molecule has 1 aromatic carbocycles. The van der Waals surface area contributed by atoms with E-state index in [-0.39, 0.29) is 11.7 Å². The topological polar surface area (TPSA) is 64.3 Å². The SMILES string of the molecule is CCOc1ncc(C(=O)O)n1[C@H](C)c1ccccc1. The van der Waals surface area contributed by atoms with Crippen molar-refractivity contribution < 1.29 is 14.6 Å². The number of aromatic carboxylic acids is 1. The zero-order chi connectivity index (χ0) is 13.8. The molecule has 19 heavy (non-hydrogen) atoms. The van der Waals surface area contributed by atoms with E-state index in [9.17, 15) is 9.90 Å². The molecule has 5 nitrogen and oxygen atoms in total. The van der Waals surface area contributed by atoms with Gasteiger partial charge >= 0.3 is 5.97 Å². The molecule has 1 heterocycles. The molecule has 0 aliphatic heterocycles. The van der Waals surface area contributed by atoms with Crippen molar-refractivity contribution in [1.29, 1.82) is 0 Å². The molecular formula is C14H16N2O3. The van der Waals surface area contributed by atoms with Gasteiger partial charge in [-0.05, 0) is 19.4 Å². The molecule has 5 heteroatoms. The monoisotopic (exact) mass is 260 g/mol. The van der Waals surface area contributed by atoms with Gasteiger partial charge in [-0.25, -0.2) is 9.78 Å². The van der Waals surface area contributed by atoms with E-state index in [4.69, 9.17) is 4.74 Å². The third-order valence-electron chi connectivity index (χ3n) is 2.92. The summed E-state index contributed by atoms with van der Waals surface area (Å²) < 4.78 is 7.00. The number of benzene rings is 1. The van der Waals surface area contributed by atoms with Crippen LogP contribution in [0.3, 0.4) is 0 Å². The molecule has 1 N–H and O–H groups in total. The van der Waals surface area contributed by atoms with Crippen LogP contribution in [0.25, 0.3) is 0 Å². The second kappa shape index (κ2) is 5.56. The van der Waals surface area contributed by atoms with E-state index < -0.39 is 5.97 Å². The fraction of sp³-hybridized carbons (Fsp3) is 0.286. The van der Waals surface area contributed by atoms with Crippen LogP contribution in [0.1, 0.15) is 35.9 Å². The molecule has 100 valence electrons. The first kappa shape index (κ1) is 13.1. The van der Waals surface area contributed by atoms with Crippen LogP contribution < -0.4 is 4.74 Å². The molecule has 2 rings (SSSR count). The zero-order valence-corrected chi connectivity index (χ0v) is 10.9. The van der Waals surface area contributed by atoms with Gasteiger partial charge in [0.05, 0.1) is 18.8 Å². The Kier molecular flexibility index (Phi) is 3.85. The number of hydrogen-bond acceptors (Lipinski definition) is 3. The van der Waals surface area contributed by atoms with Crippen LogP contribution in [0, 0.1) is 0 Å². The van der Waals surface area contributed by atoms with Gasteiger partial charge < -0.3 is 9.84 Å². The highest BCUT2D eigenvalue weighted by Crippen LogP contribution is 2.25. The number of carboxylic acid groups (broad SMARTS) is 1. The average molecular weight is 260 g/mol. The van der Waals surface area contributed by atoms with Gasteiger partial charge in [0, 0.05) is 0 Å². The Labute approximate surface area is 111 Å². The van der Waals surface area contributed by atoms with Crippen molar-refractivity contribution in [2.24, 2.45) is 0 Å². The van der Waals surface area contributed by atoms with Crippen LogP contribution in [-0.2, 0) is 0 Å². The predicted octanol–water partition coefficient (Wildman–Crippen LogP) is 2.59. The summed E-state index contributed by atoms with van der Waals surface area (Å²) in [5.41, 5.74) is 1.13. The first-order valence-corrected chi connectivity index (χ1v) is 6.13. The summed E-state index contributed by atoms with van der Waals surface area (Å²) in [6, 6.07) is 9.84. The molecule has 0 saturated carbocycles. The summed E-state index contributed by atoms with van der Waals surface area (Å²) >= 11 is 0. The number of aromatic nitrogens is 2. The van der Waals surface area contributed by atoms with Crippen molar-refractivity contribution in [2.75, 3.05) is 6.61 Å². The third kappa shape index (κ3) is 2.59. The van der Waals surface area contributed by atoms with Crippen LogP contribution >= 0.6 is 0 Å². The van der Waals surface area contributed by atoms with E-state index in [0.717, 1.165) is 5.56 Å². The van der Waals surface area contributed by atoms with Gasteiger partial charge in [0.15, 0.2) is 5.69 Å². The Balaban J connectivity index is 2.47. The Hall–Kier alpha value is -2.30. The summed E-state index contributed by atoms with van der Waals surface area (Å²) in [5.74, 6) is -1.01. The fourth-order valence-electron chi connectivity index (χ4n) is 1.99. The lowest BCUT2D eigenvalue weighted by Crippen LogP contribution is -2.15. The fourth-order valence-corrected chi connectivity index (χ4v) is 1.99. The highest BCUT2D eigenvalue weighted by molar-refractivity contribution is 5.85. The van der Waals surface area contributed by atoms with Crippen molar-refractivity contribution in [3.8, 4) is 6.01 Å². The first-order valence-electron chi connectivity index (χ1n) is 6.13. The molecule has 0 spiro atoms. The molecule has 0 bridgehead atoms. The third-order valence-corrected chi connectivity index (χ3v) is 2.92. The number of rotatable bonds is 5. The second-order valence-corrected chi connectivity index (χ2v) is 4.12. The number of carbonyl (C=O) groups is 1. The number of hydrogen-bond donors (Lipinski definition) is 1. The summed E-state index contributed by atoms with van der Waals surface area (Å²) in [5, 5.41) is 9.23. The maximum Gasteiger partial charge on any atom is 0.354 e. The smallest absolute Gasteiger partial charge is 0.354 e. The lowest BCUT2D eigenvalue weighted by molar-refractivity contribution is 0.0682. The van der Waals surface area contributed by atoms with E-state index in [0.29, 0.717) is 12.6 Å². The molecule has 0 unspecified atom stereocenters. The Bertz CT molecular complexity index is 563. The summed E-state index contributed by atoms with van der Waals surface area (Å²) in [4.78, 5) is 15.3. The number of ether oxygens (including phenoxy) is 1. The van der Waals surface area contributed by atoms with Gasteiger partial charge in [0.1, 0.15) is 0 Å². The predicted molar refractivity (Wildman–Crippen MR) is 70.6 cm³/mol. The van der Waals surface area contributed by atoms with Crippen LogP contribution in [0.2, 0.25) is 0 Å². The van der Waals surface area contributed by atoms with Crippen LogP contribution in [-0.4, -0.2) is 27.2 Å². The molecule has 0 saturated heterocycles. The van der Waals surface area contributed by atoms with Crippen LogP contribution in [0.15, 0.2) is 36.5 Å². The highest BCUT2D eigenvalue weighted by Gasteiger charge is 2.21. The lowest BCUT2D eigenvalue weighted by Gasteiger charge is -2.18. The largest absolute Gasteiger partial charge is 0.477 e.